The Hall–Kier alpha value is -2.63. The molecule has 1 aliphatic carbocycles. The first kappa shape index (κ1) is 16.2. The van der Waals surface area contributed by atoms with Gasteiger partial charge in [-0.05, 0) is 66.8 Å². The summed E-state index contributed by atoms with van der Waals surface area (Å²) in [5.74, 6) is 0.391. The summed E-state index contributed by atoms with van der Waals surface area (Å²) in [7, 11) is 0. The first-order chi connectivity index (χ1) is 11.6. The zero-order valence-corrected chi connectivity index (χ0v) is 12.9. The lowest BCUT2D eigenvalue weighted by molar-refractivity contribution is -0.118. The second-order valence-electron chi connectivity index (χ2n) is 5.52. The Kier molecular flexibility index (Phi) is 4.93. The van der Waals surface area contributed by atoms with Crippen LogP contribution in [0.4, 0.5) is 14.5 Å². The minimum atomic E-state index is -2.87. The van der Waals surface area contributed by atoms with Crippen LogP contribution in [0, 0.1) is 0 Å². The smallest absolute Gasteiger partial charge is 0.387 e. The van der Waals surface area contributed by atoms with E-state index in [9.17, 15) is 13.6 Å². The molecule has 0 saturated heterocycles. The van der Waals surface area contributed by atoms with E-state index < -0.39 is 6.61 Å². The van der Waals surface area contributed by atoms with Crippen LogP contribution in [0.25, 0.3) is 0 Å². The van der Waals surface area contributed by atoms with Gasteiger partial charge in [0.1, 0.15) is 11.5 Å². The second kappa shape index (κ2) is 7.29. The molecule has 2 aromatic carbocycles. The van der Waals surface area contributed by atoms with Gasteiger partial charge in [-0.1, -0.05) is 6.07 Å². The second-order valence-corrected chi connectivity index (χ2v) is 5.52. The van der Waals surface area contributed by atoms with Crippen LogP contribution < -0.4 is 14.8 Å². The number of amides is 1. The molecule has 0 fully saturated rings. The van der Waals surface area contributed by atoms with Crippen molar-refractivity contribution in [3.63, 3.8) is 0 Å². The monoisotopic (exact) mass is 333 g/mol. The maximum absolute atomic E-state index is 12.1. The van der Waals surface area contributed by atoms with Crippen LogP contribution in [0.3, 0.4) is 0 Å². The average molecular weight is 333 g/mol. The number of anilines is 1. The number of alkyl halides is 2. The van der Waals surface area contributed by atoms with E-state index in [2.05, 4.69) is 10.1 Å². The summed E-state index contributed by atoms with van der Waals surface area (Å²) >= 11 is 0. The van der Waals surface area contributed by atoms with Crippen LogP contribution in [-0.2, 0) is 17.6 Å². The van der Waals surface area contributed by atoms with Gasteiger partial charge in [0, 0.05) is 5.69 Å². The third-order valence-corrected chi connectivity index (χ3v) is 3.80. The molecule has 0 saturated carbocycles. The lowest BCUT2D eigenvalue weighted by atomic mass is 10.1. The summed E-state index contributed by atoms with van der Waals surface area (Å²) in [6.45, 7) is -2.99. The molecule has 0 bridgehead atoms. The Balaban J connectivity index is 1.50. The van der Waals surface area contributed by atoms with E-state index in [1.165, 1.54) is 35.4 Å². The van der Waals surface area contributed by atoms with Gasteiger partial charge in [-0.2, -0.15) is 8.78 Å². The van der Waals surface area contributed by atoms with Crippen LogP contribution >= 0.6 is 0 Å². The standard InChI is InChI=1S/C18H17F2NO3/c19-18(20)24-15-8-5-14(6-9-15)21-17(22)11-23-16-7-4-12-2-1-3-13(12)10-16/h4-10,18H,1-3,11H2,(H,21,22). The Labute approximate surface area is 138 Å². The molecular weight excluding hydrogens is 316 g/mol. The van der Waals surface area contributed by atoms with Crippen LogP contribution in [-0.4, -0.2) is 19.1 Å². The van der Waals surface area contributed by atoms with Crippen molar-refractivity contribution in [3.05, 3.63) is 53.6 Å². The fourth-order valence-corrected chi connectivity index (χ4v) is 2.70. The Morgan fingerprint density at radius 2 is 1.75 bits per heavy atom. The normalized spacial score (nSPS) is 12.8. The maximum atomic E-state index is 12.1. The van der Waals surface area contributed by atoms with Gasteiger partial charge in [0.05, 0.1) is 0 Å². The molecule has 0 atom stereocenters. The molecule has 126 valence electrons. The van der Waals surface area contributed by atoms with E-state index in [1.54, 1.807) is 0 Å². The van der Waals surface area contributed by atoms with E-state index in [0.29, 0.717) is 11.4 Å². The third-order valence-electron chi connectivity index (χ3n) is 3.80. The van der Waals surface area contributed by atoms with E-state index in [-0.39, 0.29) is 18.3 Å². The highest BCUT2D eigenvalue weighted by molar-refractivity contribution is 5.91. The molecule has 0 unspecified atom stereocenters. The first-order valence-corrected chi connectivity index (χ1v) is 7.69. The summed E-state index contributed by atoms with van der Waals surface area (Å²) < 4.78 is 33.9. The van der Waals surface area contributed by atoms with Crippen molar-refractivity contribution in [2.24, 2.45) is 0 Å². The molecule has 0 spiro atoms. The van der Waals surface area contributed by atoms with Gasteiger partial charge in [0.25, 0.3) is 5.91 Å². The van der Waals surface area contributed by atoms with Crippen molar-refractivity contribution in [2.45, 2.75) is 25.9 Å². The molecule has 3 rings (SSSR count). The number of ether oxygens (including phenoxy) is 2. The third kappa shape index (κ3) is 4.22. The van der Waals surface area contributed by atoms with Crippen molar-refractivity contribution in [2.75, 3.05) is 11.9 Å². The Morgan fingerprint density at radius 1 is 1.04 bits per heavy atom. The molecule has 6 heteroatoms. The summed E-state index contributed by atoms with van der Waals surface area (Å²) in [5.41, 5.74) is 3.11. The number of hydrogen-bond donors (Lipinski definition) is 1. The number of carbonyl (C=O) groups is 1. The van der Waals surface area contributed by atoms with Crippen molar-refractivity contribution < 1.29 is 23.0 Å². The molecule has 0 aliphatic heterocycles. The number of benzene rings is 2. The zero-order chi connectivity index (χ0) is 16.9. The zero-order valence-electron chi connectivity index (χ0n) is 12.9. The predicted octanol–water partition coefficient (Wildman–Crippen LogP) is 3.79. The summed E-state index contributed by atoms with van der Waals surface area (Å²) in [6.07, 6.45) is 3.30. The molecule has 4 nitrogen and oxygen atoms in total. The highest BCUT2D eigenvalue weighted by Crippen LogP contribution is 2.26. The molecule has 1 N–H and O–H groups in total. The van der Waals surface area contributed by atoms with Crippen molar-refractivity contribution in [1.29, 1.82) is 0 Å². The highest BCUT2D eigenvalue weighted by atomic mass is 19.3. The summed E-state index contributed by atoms with van der Waals surface area (Å²) in [4.78, 5) is 11.9. The molecule has 24 heavy (non-hydrogen) atoms. The lowest BCUT2D eigenvalue weighted by Gasteiger charge is -2.10. The van der Waals surface area contributed by atoms with Crippen molar-refractivity contribution in [3.8, 4) is 11.5 Å². The van der Waals surface area contributed by atoms with Crippen molar-refractivity contribution >= 4 is 11.6 Å². The molecule has 0 heterocycles. The SMILES string of the molecule is O=C(COc1ccc2c(c1)CCC2)Nc1ccc(OC(F)F)cc1. The molecule has 0 aromatic heterocycles. The minimum Gasteiger partial charge on any atom is -0.484 e. The van der Waals surface area contributed by atoms with Gasteiger partial charge < -0.3 is 14.8 Å². The van der Waals surface area contributed by atoms with Gasteiger partial charge in [-0.25, -0.2) is 0 Å². The van der Waals surface area contributed by atoms with Gasteiger partial charge in [0.2, 0.25) is 0 Å². The average Bonchev–Trinajstić information content (AvgIpc) is 3.02. The number of hydrogen-bond acceptors (Lipinski definition) is 3. The first-order valence-electron chi connectivity index (χ1n) is 7.69. The molecule has 0 radical (unpaired) electrons. The summed E-state index contributed by atoms with van der Waals surface area (Å²) in [5, 5.41) is 2.64. The fourth-order valence-electron chi connectivity index (χ4n) is 2.70. The molecule has 1 amide bonds. The number of aryl methyl sites for hydroxylation is 2. The van der Waals surface area contributed by atoms with E-state index in [4.69, 9.17) is 4.74 Å². The van der Waals surface area contributed by atoms with Gasteiger partial charge in [-0.15, -0.1) is 0 Å². The van der Waals surface area contributed by atoms with Gasteiger partial charge >= 0.3 is 6.61 Å². The molecular formula is C18H17F2NO3. The van der Waals surface area contributed by atoms with E-state index >= 15 is 0 Å². The minimum absolute atomic E-state index is 0.0392. The number of fused-ring (bicyclic) bond motifs is 1. The van der Waals surface area contributed by atoms with Gasteiger partial charge in [-0.3, -0.25) is 4.79 Å². The summed E-state index contributed by atoms with van der Waals surface area (Å²) in [6, 6.07) is 11.6. The topological polar surface area (TPSA) is 47.6 Å². The van der Waals surface area contributed by atoms with E-state index in [1.807, 2.05) is 18.2 Å². The van der Waals surface area contributed by atoms with Crippen LogP contribution in [0.15, 0.2) is 42.5 Å². The number of carbonyl (C=O) groups excluding carboxylic acids is 1. The van der Waals surface area contributed by atoms with E-state index in [0.717, 1.165) is 19.3 Å². The van der Waals surface area contributed by atoms with Gasteiger partial charge in [0.15, 0.2) is 6.61 Å². The number of rotatable bonds is 6. The quantitative estimate of drug-likeness (QED) is 0.875. The predicted molar refractivity (Wildman–Crippen MR) is 85.7 cm³/mol. The Morgan fingerprint density at radius 3 is 2.50 bits per heavy atom. The van der Waals surface area contributed by atoms with Crippen LogP contribution in [0.1, 0.15) is 17.5 Å². The Bertz CT molecular complexity index is 717. The van der Waals surface area contributed by atoms with Crippen LogP contribution in [0.5, 0.6) is 11.5 Å². The largest absolute Gasteiger partial charge is 0.484 e. The van der Waals surface area contributed by atoms with Crippen molar-refractivity contribution in [1.82, 2.24) is 0 Å². The molecule has 2 aromatic rings. The molecule has 1 aliphatic rings. The number of nitrogens with one attached hydrogen (secondary N) is 1. The maximum Gasteiger partial charge on any atom is 0.387 e. The fraction of sp³-hybridized carbons (Fsp3) is 0.278. The van der Waals surface area contributed by atoms with Crippen LogP contribution in [0.2, 0.25) is 0 Å². The highest BCUT2D eigenvalue weighted by Gasteiger charge is 2.12. The number of halogens is 2. The lowest BCUT2D eigenvalue weighted by Crippen LogP contribution is -2.20.